The summed E-state index contributed by atoms with van der Waals surface area (Å²) in [5.74, 6) is 0.792. The van der Waals surface area contributed by atoms with Crippen LogP contribution in [-0.2, 0) is 4.79 Å². The Morgan fingerprint density at radius 2 is 1.36 bits per heavy atom. The van der Waals surface area contributed by atoms with Crippen LogP contribution in [0.3, 0.4) is 0 Å². The zero-order valence-electron chi connectivity index (χ0n) is 15.6. The van der Waals surface area contributed by atoms with Gasteiger partial charge < -0.3 is 0 Å². The summed E-state index contributed by atoms with van der Waals surface area (Å²) in [4.78, 5) is 13.9. The SMILES string of the molecule is CCCCCCCCC(CCCN=C=O)C(CC)(CC)CC. The first-order valence-corrected chi connectivity index (χ1v) is 9.74. The van der Waals surface area contributed by atoms with Gasteiger partial charge in [-0.15, -0.1) is 0 Å². The minimum absolute atomic E-state index is 0.494. The van der Waals surface area contributed by atoms with Crippen molar-refractivity contribution in [3.05, 3.63) is 0 Å². The van der Waals surface area contributed by atoms with Crippen molar-refractivity contribution < 1.29 is 4.79 Å². The third-order valence-electron chi connectivity index (χ3n) is 5.77. The average molecular weight is 310 g/mol. The predicted octanol–water partition coefficient (Wildman–Crippen LogP) is 6.69. The van der Waals surface area contributed by atoms with Gasteiger partial charge in [-0.1, -0.05) is 85.5 Å². The number of nitrogens with zero attached hydrogens (tertiary/aromatic N) is 1. The standard InChI is InChI=1S/C20H39NO/c1-5-9-10-11-12-13-15-19(16-14-17-21-18-22)20(6-2,7-3)8-4/h19H,5-17H2,1-4H3. The van der Waals surface area contributed by atoms with Crippen LogP contribution in [0.25, 0.3) is 0 Å². The van der Waals surface area contributed by atoms with Gasteiger partial charge in [-0.05, 0) is 30.6 Å². The van der Waals surface area contributed by atoms with E-state index in [0.717, 1.165) is 12.3 Å². The molecular formula is C20H39NO. The summed E-state index contributed by atoms with van der Waals surface area (Å²) in [6, 6.07) is 0. The van der Waals surface area contributed by atoms with Crippen molar-refractivity contribution in [2.24, 2.45) is 16.3 Å². The number of unbranched alkanes of at least 4 members (excludes halogenated alkanes) is 5. The summed E-state index contributed by atoms with van der Waals surface area (Å²) in [7, 11) is 0. The summed E-state index contributed by atoms with van der Waals surface area (Å²) in [6.07, 6.45) is 17.4. The number of hydrogen-bond donors (Lipinski definition) is 0. The van der Waals surface area contributed by atoms with Crippen LogP contribution in [0, 0.1) is 11.3 Å². The zero-order valence-corrected chi connectivity index (χ0v) is 15.6. The Hall–Kier alpha value is -0.620. The van der Waals surface area contributed by atoms with Crippen LogP contribution in [0.5, 0.6) is 0 Å². The Bertz CT molecular complexity index is 282. The van der Waals surface area contributed by atoms with E-state index < -0.39 is 0 Å². The molecule has 2 nitrogen and oxygen atoms in total. The van der Waals surface area contributed by atoms with Crippen LogP contribution in [0.4, 0.5) is 0 Å². The molecule has 0 bridgehead atoms. The maximum atomic E-state index is 10.2. The van der Waals surface area contributed by atoms with Gasteiger partial charge in [0.15, 0.2) is 0 Å². The maximum absolute atomic E-state index is 10.2. The van der Waals surface area contributed by atoms with Crippen LogP contribution in [-0.4, -0.2) is 12.6 Å². The van der Waals surface area contributed by atoms with E-state index in [-0.39, 0.29) is 0 Å². The van der Waals surface area contributed by atoms with E-state index in [9.17, 15) is 4.79 Å². The molecule has 0 amide bonds. The summed E-state index contributed by atoms with van der Waals surface area (Å²) in [5, 5.41) is 0. The number of aliphatic imine (C=N–C) groups is 1. The van der Waals surface area contributed by atoms with Gasteiger partial charge in [0.25, 0.3) is 0 Å². The Labute approximate surface area is 139 Å². The van der Waals surface area contributed by atoms with E-state index in [1.54, 1.807) is 6.08 Å². The lowest BCUT2D eigenvalue weighted by atomic mass is 9.66. The predicted molar refractivity (Wildman–Crippen MR) is 97.0 cm³/mol. The molecule has 0 aliphatic heterocycles. The molecule has 1 unspecified atom stereocenters. The van der Waals surface area contributed by atoms with Crippen LogP contribution in [0.15, 0.2) is 4.99 Å². The van der Waals surface area contributed by atoms with E-state index in [4.69, 9.17) is 0 Å². The van der Waals surface area contributed by atoms with Gasteiger partial charge in [0.1, 0.15) is 0 Å². The van der Waals surface area contributed by atoms with Gasteiger partial charge in [-0.25, -0.2) is 9.79 Å². The van der Waals surface area contributed by atoms with E-state index in [2.05, 4.69) is 32.7 Å². The molecular weight excluding hydrogens is 270 g/mol. The highest BCUT2D eigenvalue weighted by molar-refractivity contribution is 5.32. The highest BCUT2D eigenvalue weighted by Crippen LogP contribution is 2.43. The van der Waals surface area contributed by atoms with Gasteiger partial charge in [-0.3, -0.25) is 0 Å². The van der Waals surface area contributed by atoms with Crippen molar-refractivity contribution in [1.29, 1.82) is 0 Å². The van der Waals surface area contributed by atoms with Gasteiger partial charge in [0.2, 0.25) is 6.08 Å². The second-order valence-corrected chi connectivity index (χ2v) is 6.79. The van der Waals surface area contributed by atoms with Gasteiger partial charge in [0, 0.05) is 0 Å². The molecule has 0 saturated carbocycles. The fraction of sp³-hybridized carbons (Fsp3) is 0.950. The summed E-state index contributed by atoms with van der Waals surface area (Å²) in [5.41, 5.74) is 0.494. The third-order valence-corrected chi connectivity index (χ3v) is 5.77. The monoisotopic (exact) mass is 309 g/mol. The minimum atomic E-state index is 0.494. The summed E-state index contributed by atoms with van der Waals surface area (Å²) < 4.78 is 0. The third kappa shape index (κ3) is 8.13. The molecule has 0 saturated heterocycles. The van der Waals surface area contributed by atoms with Crippen molar-refractivity contribution in [1.82, 2.24) is 0 Å². The molecule has 0 N–H and O–H groups in total. The smallest absolute Gasteiger partial charge is 0.211 e. The highest BCUT2D eigenvalue weighted by Gasteiger charge is 2.32. The van der Waals surface area contributed by atoms with E-state index >= 15 is 0 Å². The second kappa shape index (κ2) is 14.0. The number of carbonyl (C=O) groups excluding carboxylic acids is 1. The summed E-state index contributed by atoms with van der Waals surface area (Å²) >= 11 is 0. The lowest BCUT2D eigenvalue weighted by molar-refractivity contribution is 0.113. The van der Waals surface area contributed by atoms with Crippen molar-refractivity contribution in [2.45, 2.75) is 105 Å². The van der Waals surface area contributed by atoms with Gasteiger partial charge in [0.05, 0.1) is 6.54 Å². The molecule has 0 aliphatic carbocycles. The molecule has 2 heteroatoms. The first-order chi connectivity index (χ1) is 10.7. The fourth-order valence-electron chi connectivity index (χ4n) is 4.01. The molecule has 0 heterocycles. The molecule has 130 valence electrons. The van der Waals surface area contributed by atoms with E-state index in [1.807, 2.05) is 0 Å². The Morgan fingerprint density at radius 1 is 0.818 bits per heavy atom. The Morgan fingerprint density at radius 3 is 1.91 bits per heavy atom. The van der Waals surface area contributed by atoms with Crippen LogP contribution >= 0.6 is 0 Å². The maximum Gasteiger partial charge on any atom is 0.234 e. The zero-order chi connectivity index (χ0) is 16.7. The largest absolute Gasteiger partial charge is 0.234 e. The Balaban J connectivity index is 4.40. The number of isocyanates is 1. The second-order valence-electron chi connectivity index (χ2n) is 6.79. The normalized spacial score (nSPS) is 12.9. The molecule has 0 spiro atoms. The molecule has 1 atom stereocenters. The van der Waals surface area contributed by atoms with Crippen molar-refractivity contribution in [3.8, 4) is 0 Å². The van der Waals surface area contributed by atoms with Gasteiger partial charge in [-0.2, -0.15) is 0 Å². The van der Waals surface area contributed by atoms with Crippen LogP contribution in [0.2, 0.25) is 0 Å². The first kappa shape index (κ1) is 21.4. The fourth-order valence-corrected chi connectivity index (χ4v) is 4.01. The molecule has 0 fully saturated rings. The van der Waals surface area contributed by atoms with Crippen LogP contribution < -0.4 is 0 Å². The molecule has 0 aromatic rings. The molecule has 0 radical (unpaired) electrons. The lowest BCUT2D eigenvalue weighted by Gasteiger charge is -2.39. The topological polar surface area (TPSA) is 29.4 Å². The molecule has 0 rings (SSSR count). The van der Waals surface area contributed by atoms with E-state index in [1.165, 1.54) is 70.6 Å². The summed E-state index contributed by atoms with van der Waals surface area (Å²) in [6.45, 7) is 9.99. The number of hydrogen-bond acceptors (Lipinski definition) is 2. The molecule has 0 aromatic heterocycles. The van der Waals surface area contributed by atoms with Crippen molar-refractivity contribution in [3.63, 3.8) is 0 Å². The average Bonchev–Trinajstić information content (AvgIpc) is 2.55. The quantitative estimate of drug-likeness (QED) is 0.188. The van der Waals surface area contributed by atoms with E-state index in [0.29, 0.717) is 12.0 Å². The van der Waals surface area contributed by atoms with Crippen molar-refractivity contribution in [2.75, 3.05) is 6.54 Å². The number of rotatable bonds is 15. The first-order valence-electron chi connectivity index (χ1n) is 9.74. The lowest BCUT2D eigenvalue weighted by Crippen LogP contribution is -2.29. The Kier molecular flexibility index (Phi) is 13.6. The minimum Gasteiger partial charge on any atom is -0.211 e. The molecule has 0 aliphatic rings. The van der Waals surface area contributed by atoms with Gasteiger partial charge >= 0.3 is 0 Å². The van der Waals surface area contributed by atoms with Crippen molar-refractivity contribution >= 4 is 6.08 Å². The molecule has 0 aromatic carbocycles. The highest BCUT2D eigenvalue weighted by atomic mass is 16.1. The molecule has 22 heavy (non-hydrogen) atoms. The van der Waals surface area contributed by atoms with Crippen LogP contribution in [0.1, 0.15) is 105 Å².